The number of rotatable bonds is 8. The molecule has 184 valence electrons. The lowest BCUT2D eigenvalue weighted by atomic mass is 9.85. The molecule has 6 heteroatoms. The summed E-state index contributed by atoms with van der Waals surface area (Å²) in [5.41, 5.74) is 1.99. The third-order valence-electron chi connectivity index (χ3n) is 7.57. The number of nitrogens with one attached hydrogen (secondary N) is 1. The molecule has 1 saturated heterocycles. The predicted molar refractivity (Wildman–Crippen MR) is 133 cm³/mol. The summed E-state index contributed by atoms with van der Waals surface area (Å²) in [6, 6.07) is 19.3. The van der Waals surface area contributed by atoms with Crippen molar-refractivity contribution in [3.8, 4) is 0 Å². The van der Waals surface area contributed by atoms with Crippen LogP contribution in [0.3, 0.4) is 0 Å². The SMILES string of the molecule is COC(=O)[C@H]1[C@H](N(Cc2ccccc2)C(C(=O)NC2CCCCC2)c2ccccc2)[C@@H]2C=C[C@H]1O2. The lowest BCUT2D eigenvalue weighted by Gasteiger charge is -2.40. The highest BCUT2D eigenvalue weighted by Crippen LogP contribution is 2.42. The fourth-order valence-electron chi connectivity index (χ4n) is 5.91. The molecule has 0 spiro atoms. The van der Waals surface area contributed by atoms with Crippen molar-refractivity contribution in [3.05, 3.63) is 83.9 Å². The van der Waals surface area contributed by atoms with Gasteiger partial charge in [-0.2, -0.15) is 0 Å². The molecule has 0 aromatic heterocycles. The Balaban J connectivity index is 1.55. The van der Waals surface area contributed by atoms with Crippen LogP contribution in [0.25, 0.3) is 0 Å². The molecule has 2 aromatic rings. The minimum absolute atomic E-state index is 0.0191. The van der Waals surface area contributed by atoms with Crippen LogP contribution in [0.5, 0.6) is 0 Å². The first-order valence-electron chi connectivity index (χ1n) is 12.7. The summed E-state index contributed by atoms with van der Waals surface area (Å²) in [5, 5.41) is 3.35. The van der Waals surface area contributed by atoms with Crippen molar-refractivity contribution >= 4 is 11.9 Å². The van der Waals surface area contributed by atoms with Crippen molar-refractivity contribution in [2.75, 3.05) is 7.11 Å². The van der Waals surface area contributed by atoms with Crippen LogP contribution in [0.4, 0.5) is 0 Å². The molecule has 1 amide bonds. The molecule has 5 rings (SSSR count). The molecule has 1 saturated carbocycles. The van der Waals surface area contributed by atoms with Gasteiger partial charge in [-0.15, -0.1) is 0 Å². The Kier molecular flexibility index (Phi) is 7.30. The molecule has 1 N–H and O–H groups in total. The molecule has 5 atom stereocenters. The number of hydrogen-bond donors (Lipinski definition) is 1. The second kappa shape index (κ2) is 10.8. The highest BCUT2D eigenvalue weighted by molar-refractivity contribution is 5.84. The topological polar surface area (TPSA) is 67.9 Å². The number of esters is 1. The maximum atomic E-state index is 14.0. The van der Waals surface area contributed by atoms with Gasteiger partial charge < -0.3 is 14.8 Å². The number of hydrogen-bond acceptors (Lipinski definition) is 5. The minimum atomic E-state index is -0.563. The summed E-state index contributed by atoms with van der Waals surface area (Å²) in [7, 11) is 1.42. The van der Waals surface area contributed by atoms with Crippen molar-refractivity contribution < 1.29 is 19.1 Å². The fourth-order valence-corrected chi connectivity index (χ4v) is 5.91. The zero-order valence-corrected chi connectivity index (χ0v) is 20.2. The first-order valence-corrected chi connectivity index (χ1v) is 12.7. The van der Waals surface area contributed by atoms with Gasteiger partial charge in [-0.3, -0.25) is 14.5 Å². The van der Waals surface area contributed by atoms with E-state index in [1.165, 1.54) is 13.5 Å². The fraction of sp³-hybridized carbons (Fsp3) is 0.448. The normalized spacial score (nSPS) is 26.6. The molecule has 3 aliphatic rings. The zero-order chi connectivity index (χ0) is 24.2. The van der Waals surface area contributed by atoms with Gasteiger partial charge in [0.25, 0.3) is 0 Å². The highest BCUT2D eigenvalue weighted by Gasteiger charge is 2.54. The van der Waals surface area contributed by atoms with E-state index >= 15 is 0 Å². The minimum Gasteiger partial charge on any atom is -0.469 e. The first kappa shape index (κ1) is 23.8. The Morgan fingerprint density at radius 2 is 1.63 bits per heavy atom. The van der Waals surface area contributed by atoms with Gasteiger partial charge in [0.2, 0.25) is 5.91 Å². The van der Waals surface area contributed by atoms with E-state index in [0.29, 0.717) is 6.54 Å². The molecule has 2 aromatic carbocycles. The van der Waals surface area contributed by atoms with Crippen LogP contribution < -0.4 is 5.32 Å². The summed E-state index contributed by atoms with van der Waals surface area (Å²) in [4.78, 5) is 29.1. The molecule has 2 aliphatic heterocycles. The molecule has 2 heterocycles. The van der Waals surface area contributed by atoms with Gasteiger partial charge in [-0.05, 0) is 24.0 Å². The zero-order valence-electron chi connectivity index (χ0n) is 20.2. The van der Waals surface area contributed by atoms with Gasteiger partial charge in [-0.25, -0.2) is 0 Å². The second-order valence-electron chi connectivity index (χ2n) is 9.80. The maximum Gasteiger partial charge on any atom is 0.313 e. The molecular weight excluding hydrogens is 440 g/mol. The monoisotopic (exact) mass is 474 g/mol. The quantitative estimate of drug-likeness (QED) is 0.459. The maximum absolute atomic E-state index is 14.0. The molecular formula is C29H34N2O4. The van der Waals surface area contributed by atoms with E-state index in [-0.39, 0.29) is 36.2 Å². The molecule has 6 nitrogen and oxygen atoms in total. The largest absolute Gasteiger partial charge is 0.469 e. The van der Waals surface area contributed by atoms with Crippen LogP contribution >= 0.6 is 0 Å². The average Bonchev–Trinajstić information content (AvgIpc) is 3.52. The van der Waals surface area contributed by atoms with Gasteiger partial charge >= 0.3 is 5.97 Å². The van der Waals surface area contributed by atoms with Crippen molar-refractivity contribution in [3.63, 3.8) is 0 Å². The molecule has 2 bridgehead atoms. The second-order valence-corrected chi connectivity index (χ2v) is 9.80. The third kappa shape index (κ3) is 5.04. The number of carbonyl (C=O) groups excluding carboxylic acids is 2. The van der Waals surface area contributed by atoms with E-state index in [0.717, 1.165) is 36.8 Å². The summed E-state index contributed by atoms with van der Waals surface area (Å²) >= 11 is 0. The molecule has 1 aliphatic carbocycles. The Bertz CT molecular complexity index is 1040. The van der Waals surface area contributed by atoms with Crippen LogP contribution in [-0.4, -0.2) is 48.2 Å². The van der Waals surface area contributed by atoms with Crippen LogP contribution in [0.1, 0.15) is 49.3 Å². The van der Waals surface area contributed by atoms with Crippen LogP contribution in [0, 0.1) is 5.92 Å². The number of nitrogens with zero attached hydrogens (tertiary/aromatic N) is 1. The van der Waals surface area contributed by atoms with E-state index in [1.807, 2.05) is 60.7 Å². The summed E-state index contributed by atoms with van der Waals surface area (Å²) in [6.07, 6.45) is 8.89. The van der Waals surface area contributed by atoms with Crippen molar-refractivity contribution in [1.82, 2.24) is 10.2 Å². The van der Waals surface area contributed by atoms with Gasteiger partial charge in [0.1, 0.15) is 12.0 Å². The van der Waals surface area contributed by atoms with Crippen molar-refractivity contribution in [2.24, 2.45) is 5.92 Å². The Labute approximate surface area is 207 Å². The molecule has 1 unspecified atom stereocenters. The summed E-state index contributed by atoms with van der Waals surface area (Å²) < 4.78 is 11.4. The van der Waals surface area contributed by atoms with Gasteiger partial charge in [0.15, 0.2) is 0 Å². The van der Waals surface area contributed by atoms with Gasteiger partial charge in [0, 0.05) is 12.6 Å². The van der Waals surface area contributed by atoms with E-state index in [1.54, 1.807) is 0 Å². The lowest BCUT2D eigenvalue weighted by molar-refractivity contribution is -0.149. The van der Waals surface area contributed by atoms with Crippen molar-refractivity contribution in [1.29, 1.82) is 0 Å². The highest BCUT2D eigenvalue weighted by atomic mass is 16.5. The number of ether oxygens (including phenoxy) is 2. The average molecular weight is 475 g/mol. The number of benzene rings is 2. The van der Waals surface area contributed by atoms with Gasteiger partial charge in [-0.1, -0.05) is 92.1 Å². The van der Waals surface area contributed by atoms with E-state index < -0.39 is 12.0 Å². The molecule has 0 radical (unpaired) electrons. The van der Waals surface area contributed by atoms with E-state index in [2.05, 4.69) is 22.3 Å². The first-order chi connectivity index (χ1) is 17.2. The third-order valence-corrected chi connectivity index (χ3v) is 7.57. The number of carbonyl (C=O) groups is 2. The Morgan fingerprint density at radius 1 is 0.971 bits per heavy atom. The van der Waals surface area contributed by atoms with Crippen molar-refractivity contribution in [2.45, 2.75) is 69.0 Å². The number of amides is 1. The van der Waals surface area contributed by atoms with Gasteiger partial charge in [0.05, 0.1) is 25.4 Å². The van der Waals surface area contributed by atoms with Crippen LogP contribution in [-0.2, 0) is 25.6 Å². The molecule has 35 heavy (non-hydrogen) atoms. The summed E-state index contributed by atoms with van der Waals surface area (Å²) in [6.45, 7) is 0.511. The lowest BCUT2D eigenvalue weighted by Crippen LogP contribution is -2.54. The van der Waals surface area contributed by atoms with Crippen LogP contribution in [0.15, 0.2) is 72.8 Å². The number of methoxy groups -OCH3 is 1. The standard InChI is InChI=1S/C29H34N2O4/c1-34-29(33)25-23-17-18-24(35-23)27(25)31(19-20-11-5-2-6-12-20)26(21-13-7-3-8-14-21)28(32)30-22-15-9-4-10-16-22/h2-3,5-8,11-14,17-18,22-27H,4,9-10,15-16,19H2,1H3,(H,30,32)/t23-,24+,25-,26?,27-/m1/s1. The molecule has 2 fully saturated rings. The smallest absolute Gasteiger partial charge is 0.313 e. The predicted octanol–water partition coefficient (Wildman–Crippen LogP) is 4.17. The number of fused-ring (bicyclic) bond motifs is 2. The van der Waals surface area contributed by atoms with E-state index in [9.17, 15) is 9.59 Å². The Hall–Kier alpha value is -2.96. The van der Waals surface area contributed by atoms with Crippen LogP contribution in [0.2, 0.25) is 0 Å². The van der Waals surface area contributed by atoms with E-state index in [4.69, 9.17) is 9.47 Å². The summed E-state index contributed by atoms with van der Waals surface area (Å²) in [5.74, 6) is -0.814. The Morgan fingerprint density at radius 3 is 2.31 bits per heavy atom.